The van der Waals surface area contributed by atoms with Gasteiger partial charge in [-0.3, -0.25) is 4.90 Å². The van der Waals surface area contributed by atoms with Crippen LogP contribution in [0.2, 0.25) is 0 Å². The average Bonchev–Trinajstić information content (AvgIpc) is 2.73. The Labute approximate surface area is 97.7 Å². The van der Waals surface area contributed by atoms with Gasteiger partial charge in [0.05, 0.1) is 12.7 Å². The Morgan fingerprint density at radius 1 is 1.50 bits per heavy atom. The molecule has 1 saturated heterocycles. The van der Waals surface area contributed by atoms with Gasteiger partial charge in [-0.2, -0.15) is 0 Å². The number of nitrogens with two attached hydrogens (primary N) is 1. The van der Waals surface area contributed by atoms with Crippen molar-refractivity contribution in [2.24, 2.45) is 5.73 Å². The number of rotatable bonds is 3. The van der Waals surface area contributed by atoms with Crippen molar-refractivity contribution in [1.82, 2.24) is 4.90 Å². The first-order valence-corrected chi connectivity index (χ1v) is 6.33. The van der Waals surface area contributed by atoms with Crippen LogP contribution in [0.1, 0.15) is 32.1 Å². The van der Waals surface area contributed by atoms with E-state index in [2.05, 4.69) is 4.90 Å². The molecule has 16 heavy (non-hydrogen) atoms. The lowest BCUT2D eigenvalue weighted by atomic mass is 9.99. The predicted octanol–water partition coefficient (Wildman–Crippen LogP) is 0.340. The normalized spacial score (nSPS) is 41.4. The number of aliphatic hydroxyl groups excluding tert-OH is 1. The van der Waals surface area contributed by atoms with E-state index in [0.29, 0.717) is 12.1 Å². The number of aliphatic hydroxyl groups is 1. The van der Waals surface area contributed by atoms with Crippen LogP contribution in [0.15, 0.2) is 0 Å². The lowest BCUT2D eigenvalue weighted by molar-refractivity contribution is 0.0140. The number of piperidine rings is 1. The third-order valence-electron chi connectivity index (χ3n) is 4.19. The van der Waals surface area contributed by atoms with Gasteiger partial charge in [-0.05, 0) is 38.6 Å². The van der Waals surface area contributed by atoms with Crippen molar-refractivity contribution in [3.05, 3.63) is 0 Å². The molecule has 2 rings (SSSR count). The highest BCUT2D eigenvalue weighted by molar-refractivity contribution is 4.97. The largest absolute Gasteiger partial charge is 0.394 e. The maximum Gasteiger partial charge on any atom is 0.0698 e. The molecule has 4 nitrogen and oxygen atoms in total. The van der Waals surface area contributed by atoms with Gasteiger partial charge in [0.2, 0.25) is 0 Å². The Kier molecular flexibility index (Phi) is 3.85. The molecule has 3 N–H and O–H groups in total. The number of hydrogen-bond acceptors (Lipinski definition) is 4. The summed E-state index contributed by atoms with van der Waals surface area (Å²) in [4.78, 5) is 2.50. The van der Waals surface area contributed by atoms with Crippen LogP contribution < -0.4 is 5.73 Å². The Hall–Kier alpha value is -0.160. The van der Waals surface area contributed by atoms with E-state index in [0.717, 1.165) is 32.4 Å². The van der Waals surface area contributed by atoms with Crippen molar-refractivity contribution in [1.29, 1.82) is 0 Å². The molecule has 1 heterocycles. The van der Waals surface area contributed by atoms with Gasteiger partial charge >= 0.3 is 0 Å². The molecular formula is C12H24N2O2. The van der Waals surface area contributed by atoms with E-state index in [1.807, 2.05) is 0 Å². The van der Waals surface area contributed by atoms with E-state index in [-0.39, 0.29) is 12.1 Å². The third kappa shape index (κ3) is 2.56. The van der Waals surface area contributed by atoms with Gasteiger partial charge < -0.3 is 15.6 Å². The summed E-state index contributed by atoms with van der Waals surface area (Å²) in [7, 11) is 1.80. The van der Waals surface area contributed by atoms with Crippen molar-refractivity contribution in [3.63, 3.8) is 0 Å². The molecule has 3 unspecified atom stereocenters. The second kappa shape index (κ2) is 5.00. The summed E-state index contributed by atoms with van der Waals surface area (Å²) in [5, 5.41) is 9.27. The number of ether oxygens (including phenoxy) is 1. The highest BCUT2D eigenvalue weighted by atomic mass is 16.5. The first-order valence-electron chi connectivity index (χ1n) is 6.33. The Bertz CT molecular complexity index is 237. The fourth-order valence-electron chi connectivity index (χ4n) is 3.07. The molecule has 0 aromatic carbocycles. The van der Waals surface area contributed by atoms with Crippen LogP contribution >= 0.6 is 0 Å². The Balaban J connectivity index is 1.89. The lowest BCUT2D eigenvalue weighted by Gasteiger charge is -2.36. The van der Waals surface area contributed by atoms with Crippen LogP contribution in [0.25, 0.3) is 0 Å². The van der Waals surface area contributed by atoms with E-state index in [4.69, 9.17) is 10.5 Å². The molecule has 1 aliphatic heterocycles. The van der Waals surface area contributed by atoms with Gasteiger partial charge in [-0.15, -0.1) is 0 Å². The van der Waals surface area contributed by atoms with Crippen LogP contribution in [-0.2, 0) is 4.74 Å². The number of likely N-dealkylation sites (tertiary alicyclic amines) is 1. The molecule has 4 heteroatoms. The number of nitrogens with zero attached hydrogens (tertiary/aromatic N) is 1. The van der Waals surface area contributed by atoms with Crippen molar-refractivity contribution < 1.29 is 9.84 Å². The van der Waals surface area contributed by atoms with E-state index < -0.39 is 0 Å². The zero-order chi connectivity index (χ0) is 11.6. The van der Waals surface area contributed by atoms with E-state index in [1.54, 1.807) is 7.11 Å². The summed E-state index contributed by atoms with van der Waals surface area (Å²) in [6.45, 7) is 2.31. The van der Waals surface area contributed by atoms with E-state index >= 15 is 0 Å². The zero-order valence-electron chi connectivity index (χ0n) is 10.2. The van der Waals surface area contributed by atoms with Crippen LogP contribution in [0, 0.1) is 0 Å². The van der Waals surface area contributed by atoms with Gasteiger partial charge in [0, 0.05) is 25.2 Å². The third-order valence-corrected chi connectivity index (χ3v) is 4.19. The second-order valence-electron chi connectivity index (χ2n) is 5.41. The average molecular weight is 228 g/mol. The molecule has 94 valence electrons. The van der Waals surface area contributed by atoms with Crippen molar-refractivity contribution in [3.8, 4) is 0 Å². The van der Waals surface area contributed by atoms with E-state index in [1.165, 1.54) is 12.8 Å². The summed E-state index contributed by atoms with van der Waals surface area (Å²) in [6, 6.07) is 0.551. The molecule has 0 amide bonds. The second-order valence-corrected chi connectivity index (χ2v) is 5.41. The highest BCUT2D eigenvalue weighted by Gasteiger charge is 2.38. The van der Waals surface area contributed by atoms with Gasteiger partial charge in [0.25, 0.3) is 0 Å². The molecule has 0 bridgehead atoms. The molecule has 0 aromatic heterocycles. The van der Waals surface area contributed by atoms with Gasteiger partial charge in [0.1, 0.15) is 0 Å². The molecule has 2 fully saturated rings. The summed E-state index contributed by atoms with van der Waals surface area (Å²) in [6.07, 6.45) is 5.77. The summed E-state index contributed by atoms with van der Waals surface area (Å²) in [5.41, 5.74) is 5.79. The maximum atomic E-state index is 9.27. The summed E-state index contributed by atoms with van der Waals surface area (Å²) < 4.78 is 5.44. The maximum absolute atomic E-state index is 9.27. The monoisotopic (exact) mass is 228 g/mol. The lowest BCUT2D eigenvalue weighted by Crippen LogP contribution is -2.47. The van der Waals surface area contributed by atoms with Crippen LogP contribution in [-0.4, -0.2) is 54.5 Å². The van der Waals surface area contributed by atoms with Crippen LogP contribution in [0.4, 0.5) is 0 Å². The van der Waals surface area contributed by atoms with Crippen LogP contribution in [0.3, 0.4) is 0 Å². The Morgan fingerprint density at radius 3 is 2.94 bits per heavy atom. The van der Waals surface area contributed by atoms with Gasteiger partial charge in [0.15, 0.2) is 0 Å². The molecular weight excluding hydrogens is 204 g/mol. The Morgan fingerprint density at radius 2 is 2.31 bits per heavy atom. The molecule has 2 aliphatic rings. The topological polar surface area (TPSA) is 58.7 Å². The SMILES string of the molecule is COC1CCCN(C2CCC(N)(CO)C2)C1. The molecule has 0 radical (unpaired) electrons. The fourth-order valence-corrected chi connectivity index (χ4v) is 3.07. The number of methoxy groups -OCH3 is 1. The summed E-state index contributed by atoms with van der Waals surface area (Å²) >= 11 is 0. The van der Waals surface area contributed by atoms with Gasteiger partial charge in [-0.1, -0.05) is 0 Å². The minimum absolute atomic E-state index is 0.116. The smallest absolute Gasteiger partial charge is 0.0698 e. The van der Waals surface area contributed by atoms with Gasteiger partial charge in [-0.25, -0.2) is 0 Å². The van der Waals surface area contributed by atoms with Crippen molar-refractivity contribution in [2.45, 2.75) is 49.8 Å². The van der Waals surface area contributed by atoms with Crippen molar-refractivity contribution in [2.75, 3.05) is 26.8 Å². The molecule has 3 atom stereocenters. The molecule has 1 aliphatic carbocycles. The predicted molar refractivity (Wildman–Crippen MR) is 63.2 cm³/mol. The van der Waals surface area contributed by atoms with Crippen molar-refractivity contribution >= 4 is 0 Å². The van der Waals surface area contributed by atoms with Crippen LogP contribution in [0.5, 0.6) is 0 Å². The number of hydrogen-bond donors (Lipinski definition) is 2. The molecule has 0 spiro atoms. The first kappa shape index (κ1) is 12.3. The minimum Gasteiger partial charge on any atom is -0.394 e. The zero-order valence-corrected chi connectivity index (χ0v) is 10.2. The first-order chi connectivity index (χ1) is 7.67. The summed E-state index contributed by atoms with van der Waals surface area (Å²) in [5.74, 6) is 0. The standard InChI is InChI=1S/C12H24N2O2/c1-16-11-3-2-6-14(8-11)10-4-5-12(13,7-10)9-15/h10-11,15H,2-9,13H2,1H3. The highest BCUT2D eigenvalue weighted by Crippen LogP contribution is 2.32. The molecule has 0 aromatic rings. The minimum atomic E-state index is -0.329. The quantitative estimate of drug-likeness (QED) is 0.731. The van der Waals surface area contributed by atoms with E-state index in [9.17, 15) is 5.11 Å². The molecule has 1 saturated carbocycles. The fraction of sp³-hybridized carbons (Fsp3) is 1.00.